The third-order valence-electron chi connectivity index (χ3n) is 2.78. The SMILES string of the molecule is NCC(c1ccc(Cl)cc1)C1COC1. The second kappa shape index (κ2) is 4.30. The second-order valence-corrected chi connectivity index (χ2v) is 4.13. The number of ether oxygens (including phenoxy) is 1. The van der Waals surface area contributed by atoms with Crippen molar-refractivity contribution in [3.63, 3.8) is 0 Å². The molecule has 2 N–H and O–H groups in total. The van der Waals surface area contributed by atoms with Gasteiger partial charge in [0.25, 0.3) is 0 Å². The Kier molecular flexibility index (Phi) is 3.06. The Morgan fingerprint density at radius 2 is 2.00 bits per heavy atom. The molecule has 76 valence electrons. The van der Waals surface area contributed by atoms with Gasteiger partial charge in [-0.2, -0.15) is 0 Å². The van der Waals surface area contributed by atoms with E-state index in [4.69, 9.17) is 22.1 Å². The maximum atomic E-state index is 5.83. The summed E-state index contributed by atoms with van der Waals surface area (Å²) in [5, 5.41) is 0.773. The summed E-state index contributed by atoms with van der Waals surface area (Å²) in [5.74, 6) is 1.00. The predicted octanol–water partition coefficient (Wildman–Crippen LogP) is 2.03. The number of hydrogen-bond acceptors (Lipinski definition) is 2. The average Bonchev–Trinajstić information content (AvgIpc) is 2.13. The fraction of sp³-hybridized carbons (Fsp3) is 0.455. The number of nitrogens with two attached hydrogens (primary N) is 1. The van der Waals surface area contributed by atoms with Gasteiger partial charge in [0.05, 0.1) is 13.2 Å². The maximum Gasteiger partial charge on any atom is 0.0522 e. The van der Waals surface area contributed by atoms with Gasteiger partial charge in [-0.1, -0.05) is 23.7 Å². The molecule has 1 atom stereocenters. The molecule has 1 heterocycles. The molecule has 1 unspecified atom stereocenters. The lowest BCUT2D eigenvalue weighted by atomic mass is 9.85. The first kappa shape index (κ1) is 9.97. The summed E-state index contributed by atoms with van der Waals surface area (Å²) in [6.45, 7) is 2.35. The van der Waals surface area contributed by atoms with Crippen molar-refractivity contribution < 1.29 is 4.74 Å². The second-order valence-electron chi connectivity index (χ2n) is 3.69. The van der Waals surface area contributed by atoms with E-state index in [2.05, 4.69) is 12.1 Å². The normalized spacial score (nSPS) is 19.0. The molecule has 2 rings (SSSR count). The van der Waals surface area contributed by atoms with E-state index in [9.17, 15) is 0 Å². The van der Waals surface area contributed by atoms with Crippen molar-refractivity contribution in [2.45, 2.75) is 5.92 Å². The van der Waals surface area contributed by atoms with Crippen molar-refractivity contribution in [3.8, 4) is 0 Å². The van der Waals surface area contributed by atoms with E-state index in [1.807, 2.05) is 12.1 Å². The van der Waals surface area contributed by atoms with Crippen LogP contribution in [0, 0.1) is 5.92 Å². The van der Waals surface area contributed by atoms with Gasteiger partial charge in [0.15, 0.2) is 0 Å². The summed E-state index contributed by atoms with van der Waals surface area (Å²) in [6.07, 6.45) is 0. The summed E-state index contributed by atoms with van der Waals surface area (Å²) < 4.78 is 5.18. The Labute approximate surface area is 89.0 Å². The van der Waals surface area contributed by atoms with Crippen LogP contribution in [0.1, 0.15) is 11.5 Å². The fourth-order valence-corrected chi connectivity index (χ4v) is 1.92. The third kappa shape index (κ3) is 1.92. The van der Waals surface area contributed by atoms with Gasteiger partial charge in [-0.15, -0.1) is 0 Å². The van der Waals surface area contributed by atoms with E-state index >= 15 is 0 Å². The van der Waals surface area contributed by atoms with Crippen LogP contribution in [0.4, 0.5) is 0 Å². The van der Waals surface area contributed by atoms with E-state index in [1.165, 1.54) is 5.56 Å². The number of benzene rings is 1. The van der Waals surface area contributed by atoms with Crippen LogP contribution in [0.15, 0.2) is 24.3 Å². The zero-order chi connectivity index (χ0) is 9.97. The maximum absolute atomic E-state index is 5.83. The highest BCUT2D eigenvalue weighted by Gasteiger charge is 2.28. The minimum absolute atomic E-state index is 0.418. The van der Waals surface area contributed by atoms with E-state index in [0.717, 1.165) is 18.2 Å². The van der Waals surface area contributed by atoms with Gasteiger partial charge in [0.2, 0.25) is 0 Å². The summed E-state index contributed by atoms with van der Waals surface area (Å²) in [5.41, 5.74) is 7.03. The molecule has 0 aliphatic carbocycles. The molecule has 0 spiro atoms. The quantitative estimate of drug-likeness (QED) is 0.831. The highest BCUT2D eigenvalue weighted by atomic mass is 35.5. The minimum atomic E-state index is 0.418. The molecule has 1 aliphatic rings. The molecule has 1 aliphatic heterocycles. The lowest BCUT2D eigenvalue weighted by molar-refractivity contribution is -0.0437. The zero-order valence-corrected chi connectivity index (χ0v) is 8.70. The van der Waals surface area contributed by atoms with Crippen LogP contribution in [0.5, 0.6) is 0 Å². The lowest BCUT2D eigenvalue weighted by Crippen LogP contribution is -2.36. The Hall–Kier alpha value is -0.570. The van der Waals surface area contributed by atoms with E-state index in [-0.39, 0.29) is 0 Å². The van der Waals surface area contributed by atoms with Gasteiger partial charge >= 0.3 is 0 Å². The molecule has 3 heteroatoms. The molecule has 1 aromatic carbocycles. The highest BCUT2D eigenvalue weighted by Crippen LogP contribution is 2.29. The monoisotopic (exact) mass is 211 g/mol. The molecule has 1 fully saturated rings. The van der Waals surface area contributed by atoms with E-state index in [0.29, 0.717) is 18.4 Å². The van der Waals surface area contributed by atoms with Gasteiger partial charge in [-0.25, -0.2) is 0 Å². The fourth-order valence-electron chi connectivity index (χ4n) is 1.80. The van der Waals surface area contributed by atoms with E-state index in [1.54, 1.807) is 0 Å². The van der Waals surface area contributed by atoms with Crippen LogP contribution < -0.4 is 5.73 Å². The highest BCUT2D eigenvalue weighted by molar-refractivity contribution is 6.30. The van der Waals surface area contributed by atoms with Gasteiger partial charge in [-0.3, -0.25) is 0 Å². The molecule has 14 heavy (non-hydrogen) atoms. The van der Waals surface area contributed by atoms with Gasteiger partial charge in [0.1, 0.15) is 0 Å². The molecule has 2 nitrogen and oxygen atoms in total. The van der Waals surface area contributed by atoms with Crippen molar-refractivity contribution >= 4 is 11.6 Å². The van der Waals surface area contributed by atoms with E-state index < -0.39 is 0 Å². The van der Waals surface area contributed by atoms with Crippen molar-refractivity contribution in [1.82, 2.24) is 0 Å². The topological polar surface area (TPSA) is 35.2 Å². The number of rotatable bonds is 3. The largest absolute Gasteiger partial charge is 0.381 e. The Bertz CT molecular complexity index is 295. The minimum Gasteiger partial charge on any atom is -0.381 e. The van der Waals surface area contributed by atoms with Crippen LogP contribution in [0.3, 0.4) is 0 Å². The van der Waals surface area contributed by atoms with Gasteiger partial charge < -0.3 is 10.5 Å². The molecule has 0 radical (unpaired) electrons. The first-order chi connectivity index (χ1) is 6.81. The van der Waals surface area contributed by atoms with Crippen molar-refractivity contribution in [3.05, 3.63) is 34.9 Å². The van der Waals surface area contributed by atoms with Crippen LogP contribution >= 0.6 is 11.6 Å². The molecule has 0 saturated carbocycles. The average molecular weight is 212 g/mol. The number of halogens is 1. The molecular weight excluding hydrogens is 198 g/mol. The van der Waals surface area contributed by atoms with Crippen LogP contribution in [-0.2, 0) is 4.74 Å². The predicted molar refractivity (Wildman–Crippen MR) is 57.6 cm³/mol. The van der Waals surface area contributed by atoms with Crippen LogP contribution in [0.2, 0.25) is 5.02 Å². The molecule has 0 amide bonds. The molecule has 1 saturated heterocycles. The Morgan fingerprint density at radius 3 is 2.43 bits per heavy atom. The zero-order valence-electron chi connectivity index (χ0n) is 7.95. The summed E-state index contributed by atoms with van der Waals surface area (Å²) in [6, 6.07) is 7.94. The Morgan fingerprint density at radius 1 is 1.36 bits per heavy atom. The Balaban J connectivity index is 2.14. The molecular formula is C11H14ClNO. The van der Waals surface area contributed by atoms with Crippen LogP contribution in [0.25, 0.3) is 0 Å². The van der Waals surface area contributed by atoms with Crippen molar-refractivity contribution in [2.24, 2.45) is 11.7 Å². The molecule has 0 aromatic heterocycles. The van der Waals surface area contributed by atoms with Gasteiger partial charge in [0, 0.05) is 16.9 Å². The molecule has 1 aromatic rings. The lowest BCUT2D eigenvalue weighted by Gasteiger charge is -2.33. The van der Waals surface area contributed by atoms with Crippen molar-refractivity contribution in [1.29, 1.82) is 0 Å². The summed E-state index contributed by atoms with van der Waals surface area (Å²) >= 11 is 5.83. The standard InChI is InChI=1S/C11H14ClNO/c12-10-3-1-8(2-4-10)11(5-13)9-6-14-7-9/h1-4,9,11H,5-7,13H2. The first-order valence-corrected chi connectivity index (χ1v) is 5.22. The van der Waals surface area contributed by atoms with Gasteiger partial charge in [-0.05, 0) is 24.2 Å². The third-order valence-corrected chi connectivity index (χ3v) is 3.04. The summed E-state index contributed by atoms with van der Waals surface area (Å²) in [7, 11) is 0. The summed E-state index contributed by atoms with van der Waals surface area (Å²) in [4.78, 5) is 0. The van der Waals surface area contributed by atoms with Crippen LogP contribution in [-0.4, -0.2) is 19.8 Å². The smallest absolute Gasteiger partial charge is 0.0522 e. The molecule has 0 bridgehead atoms. The van der Waals surface area contributed by atoms with Crippen molar-refractivity contribution in [2.75, 3.05) is 19.8 Å². The number of hydrogen-bond donors (Lipinski definition) is 1. The first-order valence-electron chi connectivity index (χ1n) is 4.84.